The second-order valence-electron chi connectivity index (χ2n) is 5.43. The highest BCUT2D eigenvalue weighted by molar-refractivity contribution is 5.92. The van der Waals surface area contributed by atoms with Gasteiger partial charge < -0.3 is 20.5 Å². The van der Waals surface area contributed by atoms with Crippen LogP contribution < -0.4 is 15.8 Å². The molecular formula is C18H20F3N3O2. The number of nitrogens with one attached hydrogen (secondary N) is 1. The SMILES string of the molecule is COCc1ccccc1NC(N)=NCc1ccccc1OCC(F)(F)F. The molecule has 0 amide bonds. The first kappa shape index (κ1) is 19.6. The third-order valence-corrected chi connectivity index (χ3v) is 3.36. The third-order valence-electron chi connectivity index (χ3n) is 3.36. The van der Waals surface area contributed by atoms with Gasteiger partial charge in [-0.3, -0.25) is 0 Å². The van der Waals surface area contributed by atoms with E-state index in [0.717, 1.165) is 11.3 Å². The van der Waals surface area contributed by atoms with Crippen LogP contribution in [0.2, 0.25) is 0 Å². The van der Waals surface area contributed by atoms with Crippen molar-refractivity contribution in [2.75, 3.05) is 19.0 Å². The number of rotatable bonds is 7. The van der Waals surface area contributed by atoms with Crippen LogP contribution in [-0.2, 0) is 17.9 Å². The van der Waals surface area contributed by atoms with Crippen molar-refractivity contribution in [1.29, 1.82) is 0 Å². The van der Waals surface area contributed by atoms with Crippen molar-refractivity contribution in [2.45, 2.75) is 19.3 Å². The fourth-order valence-corrected chi connectivity index (χ4v) is 2.21. The summed E-state index contributed by atoms with van der Waals surface area (Å²) in [6, 6.07) is 13.8. The van der Waals surface area contributed by atoms with E-state index in [1.54, 1.807) is 25.3 Å². The predicted molar refractivity (Wildman–Crippen MR) is 94.1 cm³/mol. The summed E-state index contributed by atoms with van der Waals surface area (Å²) in [5, 5.41) is 2.97. The van der Waals surface area contributed by atoms with Crippen LogP contribution in [0.4, 0.5) is 18.9 Å². The van der Waals surface area contributed by atoms with Gasteiger partial charge >= 0.3 is 6.18 Å². The molecule has 0 aromatic heterocycles. The Kier molecular flexibility index (Phi) is 6.85. The molecule has 0 saturated heterocycles. The van der Waals surface area contributed by atoms with E-state index < -0.39 is 12.8 Å². The van der Waals surface area contributed by atoms with Crippen LogP contribution in [-0.4, -0.2) is 25.9 Å². The Bertz CT molecular complexity index is 748. The van der Waals surface area contributed by atoms with Crippen molar-refractivity contribution in [3.63, 3.8) is 0 Å². The first-order chi connectivity index (χ1) is 12.4. The molecule has 0 radical (unpaired) electrons. The predicted octanol–water partition coefficient (Wildman–Crippen LogP) is 3.70. The summed E-state index contributed by atoms with van der Waals surface area (Å²) >= 11 is 0. The Morgan fingerprint density at radius 3 is 2.42 bits per heavy atom. The van der Waals surface area contributed by atoms with E-state index in [4.69, 9.17) is 15.2 Å². The van der Waals surface area contributed by atoms with Gasteiger partial charge in [0.25, 0.3) is 0 Å². The molecule has 0 spiro atoms. The number of aliphatic imine (C=N–C) groups is 1. The Balaban J connectivity index is 2.05. The van der Waals surface area contributed by atoms with Gasteiger partial charge in [0.05, 0.1) is 13.2 Å². The summed E-state index contributed by atoms with van der Waals surface area (Å²) in [5.41, 5.74) is 8.05. The molecule has 8 heteroatoms. The number of benzene rings is 2. The maximum atomic E-state index is 12.3. The molecule has 0 aliphatic heterocycles. The van der Waals surface area contributed by atoms with Gasteiger partial charge in [0.2, 0.25) is 0 Å². The van der Waals surface area contributed by atoms with E-state index in [-0.39, 0.29) is 18.3 Å². The quantitative estimate of drug-likeness (QED) is 0.578. The van der Waals surface area contributed by atoms with Crippen LogP contribution in [0.1, 0.15) is 11.1 Å². The minimum absolute atomic E-state index is 0.0826. The number of alkyl halides is 3. The normalized spacial score (nSPS) is 12.1. The molecule has 3 N–H and O–H groups in total. The molecule has 0 aliphatic carbocycles. The molecule has 2 aromatic rings. The number of hydrogen-bond acceptors (Lipinski definition) is 3. The Hall–Kier alpha value is -2.74. The van der Waals surface area contributed by atoms with Crippen molar-refractivity contribution in [3.05, 3.63) is 59.7 Å². The molecule has 0 heterocycles. The van der Waals surface area contributed by atoms with Crippen LogP contribution >= 0.6 is 0 Å². The highest BCUT2D eigenvalue weighted by Crippen LogP contribution is 2.23. The first-order valence-electron chi connectivity index (χ1n) is 7.80. The maximum Gasteiger partial charge on any atom is 0.422 e. The van der Waals surface area contributed by atoms with Crippen molar-refractivity contribution in [3.8, 4) is 5.75 Å². The minimum Gasteiger partial charge on any atom is -0.484 e. The monoisotopic (exact) mass is 367 g/mol. The molecular weight excluding hydrogens is 347 g/mol. The molecule has 2 rings (SSSR count). The van der Waals surface area contributed by atoms with Crippen molar-refractivity contribution < 1.29 is 22.6 Å². The first-order valence-corrected chi connectivity index (χ1v) is 7.80. The smallest absolute Gasteiger partial charge is 0.422 e. The van der Waals surface area contributed by atoms with Crippen molar-refractivity contribution in [1.82, 2.24) is 0 Å². The molecule has 0 fully saturated rings. The summed E-state index contributed by atoms with van der Waals surface area (Å²) in [6.07, 6.45) is -4.40. The van der Waals surface area contributed by atoms with Gasteiger partial charge in [-0.1, -0.05) is 36.4 Å². The number of ether oxygens (including phenoxy) is 2. The van der Waals surface area contributed by atoms with Gasteiger partial charge in [-0.05, 0) is 12.1 Å². The molecule has 2 aromatic carbocycles. The van der Waals surface area contributed by atoms with Crippen LogP contribution in [0.15, 0.2) is 53.5 Å². The molecule has 0 unspecified atom stereocenters. The number of nitrogens with two attached hydrogens (primary N) is 1. The molecule has 26 heavy (non-hydrogen) atoms. The van der Waals surface area contributed by atoms with Gasteiger partial charge in [0, 0.05) is 23.9 Å². The summed E-state index contributed by atoms with van der Waals surface area (Å²) in [7, 11) is 1.59. The number of methoxy groups -OCH3 is 1. The highest BCUT2D eigenvalue weighted by atomic mass is 19.4. The lowest BCUT2D eigenvalue weighted by Crippen LogP contribution is -2.23. The fraction of sp³-hybridized carbons (Fsp3) is 0.278. The molecule has 0 saturated carbocycles. The second kappa shape index (κ2) is 9.10. The molecule has 5 nitrogen and oxygen atoms in total. The standard InChI is InChI=1S/C18H20F3N3O2/c1-25-11-14-7-2-4-8-15(14)24-17(22)23-10-13-6-3-5-9-16(13)26-12-18(19,20)21/h2-9H,10-12H2,1H3,(H3,22,23,24). The zero-order valence-corrected chi connectivity index (χ0v) is 14.2. The number of guanidine groups is 1. The average molecular weight is 367 g/mol. The van der Waals surface area contributed by atoms with Crippen LogP contribution in [0.3, 0.4) is 0 Å². The van der Waals surface area contributed by atoms with Crippen LogP contribution in [0.25, 0.3) is 0 Å². The van der Waals surface area contributed by atoms with Crippen LogP contribution in [0, 0.1) is 0 Å². The minimum atomic E-state index is -4.40. The Labute approximate surface area is 149 Å². The zero-order valence-electron chi connectivity index (χ0n) is 14.2. The average Bonchev–Trinajstić information content (AvgIpc) is 2.60. The van der Waals surface area contributed by atoms with Crippen molar-refractivity contribution >= 4 is 11.6 Å². The van der Waals surface area contributed by atoms with E-state index in [1.165, 1.54) is 6.07 Å². The lowest BCUT2D eigenvalue weighted by molar-refractivity contribution is -0.153. The Morgan fingerprint density at radius 2 is 1.73 bits per heavy atom. The summed E-state index contributed by atoms with van der Waals surface area (Å²) in [4.78, 5) is 4.18. The van der Waals surface area contributed by atoms with E-state index in [2.05, 4.69) is 10.3 Å². The number of nitrogens with zero attached hydrogens (tertiary/aromatic N) is 1. The van der Waals surface area contributed by atoms with E-state index >= 15 is 0 Å². The van der Waals surface area contributed by atoms with Gasteiger partial charge in [0.1, 0.15) is 5.75 Å². The topological polar surface area (TPSA) is 68.9 Å². The van der Waals surface area contributed by atoms with Crippen LogP contribution in [0.5, 0.6) is 5.75 Å². The number of anilines is 1. The second-order valence-corrected chi connectivity index (χ2v) is 5.43. The molecule has 0 atom stereocenters. The highest BCUT2D eigenvalue weighted by Gasteiger charge is 2.28. The largest absolute Gasteiger partial charge is 0.484 e. The van der Waals surface area contributed by atoms with Gasteiger partial charge in [-0.2, -0.15) is 13.2 Å². The van der Waals surface area contributed by atoms with Crippen molar-refractivity contribution in [2.24, 2.45) is 10.7 Å². The molecule has 0 bridgehead atoms. The maximum absolute atomic E-state index is 12.3. The lowest BCUT2D eigenvalue weighted by Gasteiger charge is -2.13. The summed E-state index contributed by atoms with van der Waals surface area (Å²) in [5.74, 6) is 0.264. The van der Waals surface area contributed by atoms with Gasteiger partial charge in [0.15, 0.2) is 12.6 Å². The summed E-state index contributed by atoms with van der Waals surface area (Å²) in [6.45, 7) is -0.865. The van der Waals surface area contributed by atoms with Gasteiger partial charge in [-0.15, -0.1) is 0 Å². The zero-order chi connectivity index (χ0) is 19.0. The van der Waals surface area contributed by atoms with Gasteiger partial charge in [-0.25, -0.2) is 4.99 Å². The van der Waals surface area contributed by atoms with E-state index in [0.29, 0.717) is 12.2 Å². The number of halogens is 3. The molecule has 0 aliphatic rings. The van der Waals surface area contributed by atoms with E-state index in [9.17, 15) is 13.2 Å². The van der Waals surface area contributed by atoms with E-state index in [1.807, 2.05) is 24.3 Å². The fourth-order valence-electron chi connectivity index (χ4n) is 2.21. The molecule has 140 valence electrons. The number of para-hydroxylation sites is 2. The Morgan fingerprint density at radius 1 is 1.08 bits per heavy atom. The summed E-state index contributed by atoms with van der Waals surface area (Å²) < 4.78 is 47.0. The number of hydrogen-bond donors (Lipinski definition) is 2. The third kappa shape index (κ3) is 6.29. The lowest BCUT2D eigenvalue weighted by atomic mass is 10.2.